The van der Waals surface area contributed by atoms with Crippen molar-refractivity contribution in [1.29, 1.82) is 0 Å². The lowest BCUT2D eigenvalue weighted by Gasteiger charge is -2.41. The van der Waals surface area contributed by atoms with E-state index < -0.39 is 5.60 Å². The van der Waals surface area contributed by atoms with Gasteiger partial charge in [-0.3, -0.25) is 4.79 Å². The summed E-state index contributed by atoms with van der Waals surface area (Å²) in [7, 11) is 0. The molecule has 2 fully saturated rings. The van der Waals surface area contributed by atoms with Crippen LogP contribution in [0.3, 0.4) is 0 Å². The Hall–Kier alpha value is -2.17. The largest absolute Gasteiger partial charge is 0.385 e. The number of fused-ring (bicyclic) bond motifs is 2. The third-order valence-corrected chi connectivity index (χ3v) is 6.76. The molecular formula is C23H25NO3. The Morgan fingerprint density at radius 1 is 1.07 bits per heavy atom. The minimum Gasteiger partial charge on any atom is -0.385 e. The monoisotopic (exact) mass is 363 g/mol. The molecule has 5 rings (SSSR count). The van der Waals surface area contributed by atoms with Crippen molar-refractivity contribution < 1.29 is 14.6 Å². The highest BCUT2D eigenvalue weighted by molar-refractivity contribution is 5.96. The Labute approximate surface area is 159 Å². The molecule has 1 N–H and O–H groups in total. The number of carbonyl (C=O) groups is 1. The van der Waals surface area contributed by atoms with Crippen LogP contribution >= 0.6 is 0 Å². The van der Waals surface area contributed by atoms with Crippen LogP contribution in [0.2, 0.25) is 0 Å². The smallest absolute Gasteiger partial charge is 0.254 e. The highest BCUT2D eigenvalue weighted by atomic mass is 16.5. The van der Waals surface area contributed by atoms with E-state index in [9.17, 15) is 9.90 Å². The lowest BCUT2D eigenvalue weighted by molar-refractivity contribution is -0.0644. The van der Waals surface area contributed by atoms with Crippen molar-refractivity contribution in [2.24, 2.45) is 11.8 Å². The Kier molecular flexibility index (Phi) is 4.06. The van der Waals surface area contributed by atoms with Gasteiger partial charge in [-0.25, -0.2) is 0 Å². The summed E-state index contributed by atoms with van der Waals surface area (Å²) < 4.78 is 5.54. The molecule has 27 heavy (non-hydrogen) atoms. The number of nitrogens with zero attached hydrogens (tertiary/aromatic N) is 1. The standard InChI is InChI=1S/C23H25NO3/c25-22(19-10-4-6-17-14-27-15-20(17)19)24-12-16-7-5-11-23(26,21(16)13-24)18-8-2-1-3-9-18/h1-4,6,8-10,16,21,26H,5,7,11-15H2/t16-,21+,23+/m0/s1. The highest BCUT2D eigenvalue weighted by Crippen LogP contribution is 2.48. The van der Waals surface area contributed by atoms with E-state index in [0.29, 0.717) is 25.7 Å². The summed E-state index contributed by atoms with van der Waals surface area (Å²) in [4.78, 5) is 15.2. The van der Waals surface area contributed by atoms with E-state index >= 15 is 0 Å². The molecule has 2 heterocycles. The fourth-order valence-corrected chi connectivity index (χ4v) is 5.35. The Morgan fingerprint density at radius 2 is 1.93 bits per heavy atom. The first-order valence-corrected chi connectivity index (χ1v) is 9.92. The van der Waals surface area contributed by atoms with Gasteiger partial charge in [-0.05, 0) is 47.9 Å². The third-order valence-electron chi connectivity index (χ3n) is 6.76. The average Bonchev–Trinajstić information content (AvgIpc) is 3.35. The highest BCUT2D eigenvalue weighted by Gasteiger charge is 2.50. The van der Waals surface area contributed by atoms with Gasteiger partial charge in [0.2, 0.25) is 0 Å². The van der Waals surface area contributed by atoms with Gasteiger partial charge < -0.3 is 14.7 Å². The molecule has 2 aliphatic heterocycles. The molecule has 4 heteroatoms. The summed E-state index contributed by atoms with van der Waals surface area (Å²) in [5, 5.41) is 11.6. The Balaban J connectivity index is 1.43. The van der Waals surface area contributed by atoms with Crippen LogP contribution in [0.15, 0.2) is 48.5 Å². The van der Waals surface area contributed by atoms with Crippen LogP contribution < -0.4 is 0 Å². The SMILES string of the molecule is O=C(c1cccc2c1COC2)N1C[C@@H]2CCC[C@@](O)(c3ccccc3)[C@@H]2C1. The van der Waals surface area contributed by atoms with Gasteiger partial charge in [0.05, 0.1) is 18.8 Å². The molecule has 0 bridgehead atoms. The van der Waals surface area contributed by atoms with Gasteiger partial charge in [-0.15, -0.1) is 0 Å². The minimum atomic E-state index is -0.832. The molecule has 0 aromatic heterocycles. The maximum Gasteiger partial charge on any atom is 0.254 e. The van der Waals surface area contributed by atoms with Gasteiger partial charge in [-0.2, -0.15) is 0 Å². The van der Waals surface area contributed by atoms with E-state index in [-0.39, 0.29) is 11.8 Å². The maximum atomic E-state index is 13.3. The summed E-state index contributed by atoms with van der Waals surface area (Å²) in [6, 6.07) is 15.9. The number of benzene rings is 2. The zero-order chi connectivity index (χ0) is 18.4. The number of likely N-dealkylation sites (tertiary alicyclic amines) is 1. The molecule has 3 aliphatic rings. The van der Waals surface area contributed by atoms with Crippen molar-refractivity contribution in [2.45, 2.75) is 38.1 Å². The third kappa shape index (κ3) is 2.70. The summed E-state index contributed by atoms with van der Waals surface area (Å²) >= 11 is 0. The number of aliphatic hydroxyl groups is 1. The van der Waals surface area contributed by atoms with Crippen molar-refractivity contribution in [3.63, 3.8) is 0 Å². The molecule has 1 aliphatic carbocycles. The molecule has 1 saturated carbocycles. The van der Waals surface area contributed by atoms with Crippen LogP contribution in [0.5, 0.6) is 0 Å². The number of rotatable bonds is 2. The quantitative estimate of drug-likeness (QED) is 0.889. The first kappa shape index (κ1) is 17.0. The minimum absolute atomic E-state index is 0.0853. The molecule has 2 aromatic rings. The zero-order valence-corrected chi connectivity index (χ0v) is 15.4. The second-order valence-electron chi connectivity index (χ2n) is 8.20. The van der Waals surface area contributed by atoms with Gasteiger partial charge in [0.15, 0.2) is 0 Å². The number of hydrogen-bond acceptors (Lipinski definition) is 3. The van der Waals surface area contributed by atoms with Crippen LogP contribution in [0.4, 0.5) is 0 Å². The lowest BCUT2D eigenvalue weighted by Crippen LogP contribution is -2.43. The second-order valence-corrected chi connectivity index (χ2v) is 8.20. The fourth-order valence-electron chi connectivity index (χ4n) is 5.35. The topological polar surface area (TPSA) is 49.8 Å². The van der Waals surface area contributed by atoms with E-state index in [1.165, 1.54) is 0 Å². The van der Waals surface area contributed by atoms with Crippen LogP contribution in [-0.2, 0) is 23.6 Å². The molecule has 0 unspecified atom stereocenters. The molecule has 3 atom stereocenters. The zero-order valence-electron chi connectivity index (χ0n) is 15.4. The number of ether oxygens (including phenoxy) is 1. The average molecular weight is 363 g/mol. The number of amides is 1. The predicted octanol–water partition coefficient (Wildman–Crippen LogP) is 3.48. The van der Waals surface area contributed by atoms with Gasteiger partial charge >= 0.3 is 0 Å². The molecule has 0 spiro atoms. The van der Waals surface area contributed by atoms with Crippen molar-refractivity contribution in [3.05, 3.63) is 70.8 Å². The van der Waals surface area contributed by atoms with Crippen LogP contribution in [0, 0.1) is 11.8 Å². The summed E-state index contributed by atoms with van der Waals surface area (Å²) in [5.41, 5.74) is 3.09. The first-order valence-electron chi connectivity index (χ1n) is 9.92. The fraction of sp³-hybridized carbons (Fsp3) is 0.435. The molecule has 0 radical (unpaired) electrons. The molecule has 1 saturated heterocycles. The van der Waals surface area contributed by atoms with Crippen molar-refractivity contribution in [2.75, 3.05) is 13.1 Å². The first-order chi connectivity index (χ1) is 13.2. The van der Waals surface area contributed by atoms with E-state index in [0.717, 1.165) is 48.1 Å². The van der Waals surface area contributed by atoms with E-state index in [1.807, 2.05) is 53.4 Å². The van der Waals surface area contributed by atoms with Gasteiger partial charge in [-0.1, -0.05) is 42.5 Å². The summed E-state index contributed by atoms with van der Waals surface area (Å²) in [6.07, 6.45) is 2.86. The lowest BCUT2D eigenvalue weighted by atomic mass is 9.67. The van der Waals surface area contributed by atoms with Crippen LogP contribution in [-0.4, -0.2) is 29.0 Å². The van der Waals surface area contributed by atoms with E-state index in [4.69, 9.17) is 4.74 Å². The van der Waals surface area contributed by atoms with Crippen molar-refractivity contribution in [3.8, 4) is 0 Å². The normalized spacial score (nSPS) is 29.4. The molecule has 1 amide bonds. The molecule has 140 valence electrons. The molecular weight excluding hydrogens is 338 g/mol. The molecule has 2 aromatic carbocycles. The molecule has 4 nitrogen and oxygen atoms in total. The van der Waals surface area contributed by atoms with Crippen LogP contribution in [0.1, 0.15) is 46.3 Å². The van der Waals surface area contributed by atoms with E-state index in [2.05, 4.69) is 0 Å². The van der Waals surface area contributed by atoms with Crippen molar-refractivity contribution >= 4 is 5.91 Å². The number of carbonyl (C=O) groups excluding carboxylic acids is 1. The Bertz CT molecular complexity index is 865. The van der Waals surface area contributed by atoms with E-state index in [1.54, 1.807) is 0 Å². The van der Waals surface area contributed by atoms with Crippen LogP contribution in [0.25, 0.3) is 0 Å². The van der Waals surface area contributed by atoms with Gasteiger partial charge in [0, 0.05) is 24.6 Å². The van der Waals surface area contributed by atoms with Gasteiger partial charge in [0.25, 0.3) is 5.91 Å². The van der Waals surface area contributed by atoms with Crippen molar-refractivity contribution in [1.82, 2.24) is 4.90 Å². The Morgan fingerprint density at radius 3 is 2.78 bits per heavy atom. The maximum absolute atomic E-state index is 13.3. The summed E-state index contributed by atoms with van der Waals surface area (Å²) in [6.45, 7) is 2.48. The predicted molar refractivity (Wildman–Crippen MR) is 102 cm³/mol. The number of hydrogen-bond donors (Lipinski definition) is 1. The summed E-state index contributed by atoms with van der Waals surface area (Å²) in [5.74, 6) is 0.550. The van der Waals surface area contributed by atoms with Gasteiger partial charge in [0.1, 0.15) is 0 Å². The second kappa shape index (κ2) is 6.47.